The smallest absolute Gasteiger partial charge is 0.0945 e. The number of ether oxygens (including phenoxy) is 2. The van der Waals surface area contributed by atoms with Gasteiger partial charge in [-0.15, -0.1) is 0 Å². The van der Waals surface area contributed by atoms with E-state index in [9.17, 15) is 5.11 Å². The van der Waals surface area contributed by atoms with E-state index in [0.717, 1.165) is 19.3 Å². The first kappa shape index (κ1) is 16.1. The van der Waals surface area contributed by atoms with Gasteiger partial charge < -0.3 is 14.6 Å². The Morgan fingerprint density at radius 3 is 2.70 bits per heavy atom. The van der Waals surface area contributed by atoms with Crippen LogP contribution in [-0.2, 0) is 9.47 Å². The summed E-state index contributed by atoms with van der Waals surface area (Å²) in [6.07, 6.45) is 6.17. The molecule has 0 radical (unpaired) electrons. The fourth-order valence-corrected chi connectivity index (χ4v) is 6.10. The molecule has 4 rings (SSSR count). The van der Waals surface area contributed by atoms with Gasteiger partial charge in [-0.05, 0) is 51.9 Å². The Morgan fingerprint density at radius 2 is 2.00 bits per heavy atom. The summed E-state index contributed by atoms with van der Waals surface area (Å²) in [7, 11) is 0. The van der Waals surface area contributed by atoms with Crippen molar-refractivity contribution in [1.29, 1.82) is 0 Å². The van der Waals surface area contributed by atoms with Crippen molar-refractivity contribution in [3.8, 4) is 0 Å². The third-order valence-corrected chi connectivity index (χ3v) is 7.37. The second-order valence-electron chi connectivity index (χ2n) is 9.28. The van der Waals surface area contributed by atoms with Crippen LogP contribution in [0.4, 0.5) is 0 Å². The van der Waals surface area contributed by atoms with E-state index in [1.165, 1.54) is 12.0 Å². The van der Waals surface area contributed by atoms with E-state index < -0.39 is 5.60 Å². The number of rotatable bonds is 1. The van der Waals surface area contributed by atoms with Crippen molar-refractivity contribution in [3.63, 3.8) is 0 Å². The van der Waals surface area contributed by atoms with Gasteiger partial charge in [-0.2, -0.15) is 0 Å². The molecule has 1 aliphatic carbocycles. The SMILES string of the molecule is CC1=CC[C@H](C(C)C)[C@@H]2[C@H]1[C@H]1C[C@@]3(C)O[C@](C)(CC[C@@H]3O)[C@@H]2O1. The maximum atomic E-state index is 10.6. The average Bonchev–Trinajstić information content (AvgIpc) is 2.79. The van der Waals surface area contributed by atoms with Gasteiger partial charge in [0.25, 0.3) is 0 Å². The molecule has 23 heavy (non-hydrogen) atoms. The van der Waals surface area contributed by atoms with Crippen LogP contribution >= 0.6 is 0 Å². The van der Waals surface area contributed by atoms with Crippen LogP contribution in [0.5, 0.6) is 0 Å². The van der Waals surface area contributed by atoms with Gasteiger partial charge in [-0.25, -0.2) is 0 Å². The van der Waals surface area contributed by atoms with Crippen molar-refractivity contribution < 1.29 is 14.6 Å². The Kier molecular flexibility index (Phi) is 3.54. The molecule has 0 unspecified atom stereocenters. The monoisotopic (exact) mass is 320 g/mol. The molecule has 0 aromatic rings. The highest BCUT2D eigenvalue weighted by atomic mass is 16.6. The zero-order chi connectivity index (χ0) is 16.6. The lowest BCUT2D eigenvalue weighted by Gasteiger charge is -2.53. The molecule has 3 fully saturated rings. The van der Waals surface area contributed by atoms with Crippen molar-refractivity contribution >= 4 is 0 Å². The quantitative estimate of drug-likeness (QED) is 0.749. The fraction of sp³-hybridized carbons (Fsp3) is 0.900. The first-order chi connectivity index (χ1) is 10.8. The second kappa shape index (κ2) is 5.06. The molecule has 0 amide bonds. The summed E-state index contributed by atoms with van der Waals surface area (Å²) in [5.74, 6) is 2.42. The highest BCUT2D eigenvalue weighted by Crippen LogP contribution is 2.58. The number of allylic oxidation sites excluding steroid dienone is 1. The summed E-state index contributed by atoms with van der Waals surface area (Å²) in [4.78, 5) is 0. The largest absolute Gasteiger partial charge is 0.390 e. The van der Waals surface area contributed by atoms with Crippen LogP contribution in [-0.4, -0.2) is 34.6 Å². The molecule has 4 bridgehead atoms. The minimum atomic E-state index is -0.456. The summed E-state index contributed by atoms with van der Waals surface area (Å²) in [5.41, 5.74) is 0.788. The van der Waals surface area contributed by atoms with Crippen LogP contribution in [0.3, 0.4) is 0 Å². The molecule has 4 aliphatic rings. The van der Waals surface area contributed by atoms with Crippen molar-refractivity contribution in [3.05, 3.63) is 11.6 Å². The molecule has 0 aromatic carbocycles. The molecule has 3 saturated heterocycles. The van der Waals surface area contributed by atoms with Crippen molar-refractivity contribution in [2.24, 2.45) is 23.7 Å². The lowest BCUT2D eigenvalue weighted by molar-refractivity contribution is -0.244. The topological polar surface area (TPSA) is 38.7 Å². The summed E-state index contributed by atoms with van der Waals surface area (Å²) in [6.45, 7) is 11.3. The van der Waals surface area contributed by atoms with E-state index in [2.05, 4.69) is 40.7 Å². The van der Waals surface area contributed by atoms with Gasteiger partial charge in [0.1, 0.15) is 0 Å². The first-order valence-electron chi connectivity index (χ1n) is 9.45. The molecule has 130 valence electrons. The van der Waals surface area contributed by atoms with Crippen LogP contribution in [0.15, 0.2) is 11.6 Å². The molecular weight excluding hydrogens is 288 g/mol. The van der Waals surface area contributed by atoms with E-state index in [-0.39, 0.29) is 23.9 Å². The van der Waals surface area contributed by atoms with Crippen LogP contribution in [0.2, 0.25) is 0 Å². The van der Waals surface area contributed by atoms with Gasteiger partial charge in [0.2, 0.25) is 0 Å². The maximum absolute atomic E-state index is 10.6. The molecule has 3 nitrogen and oxygen atoms in total. The van der Waals surface area contributed by atoms with E-state index in [0.29, 0.717) is 23.7 Å². The Labute approximate surface area is 140 Å². The van der Waals surface area contributed by atoms with Crippen LogP contribution < -0.4 is 0 Å². The molecule has 3 heteroatoms. The van der Waals surface area contributed by atoms with Gasteiger partial charge in [0.15, 0.2) is 0 Å². The van der Waals surface area contributed by atoms with Crippen LogP contribution in [0, 0.1) is 23.7 Å². The normalized spacial score (nSPS) is 55.3. The Bertz CT molecular complexity index is 527. The minimum Gasteiger partial charge on any atom is -0.390 e. The van der Waals surface area contributed by atoms with Gasteiger partial charge in [-0.3, -0.25) is 0 Å². The molecule has 3 heterocycles. The van der Waals surface area contributed by atoms with E-state index in [1.54, 1.807) is 0 Å². The van der Waals surface area contributed by atoms with Crippen molar-refractivity contribution in [1.82, 2.24) is 0 Å². The highest BCUT2D eigenvalue weighted by molar-refractivity contribution is 5.22. The minimum absolute atomic E-state index is 0.169. The number of aliphatic hydroxyl groups is 1. The average molecular weight is 320 g/mol. The van der Waals surface area contributed by atoms with Crippen LogP contribution in [0.1, 0.15) is 60.3 Å². The zero-order valence-electron chi connectivity index (χ0n) is 15.2. The predicted octanol–water partition coefficient (Wildman–Crippen LogP) is 3.70. The lowest BCUT2D eigenvalue weighted by Crippen LogP contribution is -2.60. The summed E-state index contributed by atoms with van der Waals surface area (Å²) in [5, 5.41) is 10.6. The molecule has 8 atom stereocenters. The number of hydrogen-bond acceptors (Lipinski definition) is 3. The molecule has 0 saturated carbocycles. The molecule has 1 N–H and O–H groups in total. The number of hydrogen-bond donors (Lipinski definition) is 1. The number of aliphatic hydroxyl groups excluding tert-OH is 1. The Hall–Kier alpha value is -0.380. The first-order valence-corrected chi connectivity index (χ1v) is 9.45. The molecule has 0 aromatic heterocycles. The van der Waals surface area contributed by atoms with Gasteiger partial charge >= 0.3 is 0 Å². The van der Waals surface area contributed by atoms with Crippen molar-refractivity contribution in [2.45, 2.75) is 89.8 Å². The van der Waals surface area contributed by atoms with Gasteiger partial charge in [0, 0.05) is 18.3 Å². The summed E-state index contributed by atoms with van der Waals surface area (Å²) in [6, 6.07) is 0. The summed E-state index contributed by atoms with van der Waals surface area (Å²) >= 11 is 0. The predicted molar refractivity (Wildman–Crippen MR) is 90.1 cm³/mol. The van der Waals surface area contributed by atoms with E-state index in [4.69, 9.17) is 9.47 Å². The Morgan fingerprint density at radius 1 is 1.26 bits per heavy atom. The van der Waals surface area contributed by atoms with E-state index in [1.807, 2.05) is 0 Å². The van der Waals surface area contributed by atoms with Crippen molar-refractivity contribution in [2.75, 3.05) is 0 Å². The zero-order valence-corrected chi connectivity index (χ0v) is 15.2. The second-order valence-corrected chi connectivity index (χ2v) is 9.28. The fourth-order valence-electron chi connectivity index (χ4n) is 6.10. The third-order valence-electron chi connectivity index (χ3n) is 7.37. The lowest BCUT2D eigenvalue weighted by atomic mass is 9.61. The standard InChI is InChI=1S/C20H32O3/c1-11(2)13-7-6-12(3)16-14-10-20(5)15(21)8-9-19(4,23-20)18(22-14)17(13)16/h6,11,13-18,21H,7-10H2,1-5H3/t13-,14-,15+,16-,17-,18-,19-,20-/m1/s1. The van der Waals surface area contributed by atoms with Crippen LogP contribution in [0.25, 0.3) is 0 Å². The number of fused-ring (bicyclic) bond motifs is 8. The van der Waals surface area contributed by atoms with E-state index >= 15 is 0 Å². The highest BCUT2D eigenvalue weighted by Gasteiger charge is 2.63. The third kappa shape index (κ3) is 2.19. The molecule has 0 spiro atoms. The van der Waals surface area contributed by atoms with Gasteiger partial charge in [-0.1, -0.05) is 25.5 Å². The Balaban J connectivity index is 1.78. The molecular formula is C20H32O3. The maximum Gasteiger partial charge on any atom is 0.0945 e. The summed E-state index contributed by atoms with van der Waals surface area (Å²) < 4.78 is 13.3. The van der Waals surface area contributed by atoms with Gasteiger partial charge in [0.05, 0.1) is 29.5 Å². The molecule has 3 aliphatic heterocycles.